The molecule has 2 saturated carbocycles. The van der Waals surface area contributed by atoms with E-state index in [1.165, 1.54) is 18.3 Å². The fraction of sp³-hybridized carbons (Fsp3) is 0.478. The van der Waals surface area contributed by atoms with Crippen LogP contribution in [-0.2, 0) is 21.5 Å². The summed E-state index contributed by atoms with van der Waals surface area (Å²) in [6, 6.07) is 3.07. The molecular formula is C23H21F5N8O2. The zero-order valence-corrected chi connectivity index (χ0v) is 19.6. The summed E-state index contributed by atoms with van der Waals surface area (Å²) in [5.41, 5.74) is 5.00. The lowest BCUT2D eigenvalue weighted by atomic mass is 9.76. The van der Waals surface area contributed by atoms with Crippen molar-refractivity contribution in [2.45, 2.75) is 62.2 Å². The van der Waals surface area contributed by atoms with Gasteiger partial charge in [-0.25, -0.2) is 19.6 Å². The second-order valence-corrected chi connectivity index (χ2v) is 9.84. The van der Waals surface area contributed by atoms with Gasteiger partial charge in [0.1, 0.15) is 17.3 Å². The Morgan fingerprint density at radius 2 is 1.92 bits per heavy atom. The lowest BCUT2D eigenvalue weighted by Gasteiger charge is -2.26. The molecular weight excluding hydrogens is 515 g/mol. The number of aromatic nitrogens is 5. The minimum atomic E-state index is -5.71. The predicted octanol–water partition coefficient (Wildman–Crippen LogP) is 2.94. The van der Waals surface area contributed by atoms with Crippen molar-refractivity contribution in [3.8, 4) is 11.5 Å². The lowest BCUT2D eigenvalue weighted by molar-refractivity contribution is -0.285. The lowest BCUT2D eigenvalue weighted by Crippen LogP contribution is -2.51. The van der Waals surface area contributed by atoms with E-state index < -0.39 is 42.3 Å². The van der Waals surface area contributed by atoms with Gasteiger partial charge in [-0.15, -0.1) is 0 Å². The van der Waals surface area contributed by atoms with Crippen LogP contribution in [-0.4, -0.2) is 54.7 Å². The second-order valence-electron chi connectivity index (χ2n) is 9.84. The molecule has 4 N–H and O–H groups in total. The van der Waals surface area contributed by atoms with E-state index in [4.69, 9.17) is 5.73 Å². The Hall–Kier alpha value is -3.91. The number of pyridine rings is 1. The molecule has 38 heavy (non-hydrogen) atoms. The van der Waals surface area contributed by atoms with Crippen molar-refractivity contribution in [3.63, 3.8) is 0 Å². The van der Waals surface area contributed by atoms with Gasteiger partial charge >= 0.3 is 12.1 Å². The molecule has 3 aromatic heterocycles. The first-order chi connectivity index (χ1) is 17.9. The Morgan fingerprint density at radius 3 is 2.58 bits per heavy atom. The number of nitrogens with zero attached hydrogens (tertiary/aromatic N) is 5. The van der Waals surface area contributed by atoms with Gasteiger partial charge in [-0.2, -0.15) is 27.1 Å². The molecule has 15 heteroatoms. The predicted molar refractivity (Wildman–Crippen MR) is 123 cm³/mol. The average molecular weight is 536 g/mol. The Morgan fingerprint density at radius 1 is 1.18 bits per heavy atom. The maximum absolute atomic E-state index is 13.6. The van der Waals surface area contributed by atoms with Gasteiger partial charge in [0.25, 0.3) is 0 Å². The van der Waals surface area contributed by atoms with Crippen molar-refractivity contribution in [1.29, 1.82) is 0 Å². The van der Waals surface area contributed by atoms with Crippen LogP contribution in [0, 0.1) is 5.92 Å². The molecule has 0 bridgehead atoms. The zero-order valence-electron chi connectivity index (χ0n) is 19.6. The number of hydrogen-bond donors (Lipinski definition) is 3. The maximum atomic E-state index is 13.6. The molecule has 0 spiro atoms. The van der Waals surface area contributed by atoms with Gasteiger partial charge in [-0.05, 0) is 43.7 Å². The molecule has 10 nitrogen and oxygen atoms in total. The van der Waals surface area contributed by atoms with Gasteiger partial charge in [-0.3, -0.25) is 9.59 Å². The number of aryl methyl sites for hydroxylation is 1. The van der Waals surface area contributed by atoms with Crippen molar-refractivity contribution in [2.24, 2.45) is 5.92 Å². The quantitative estimate of drug-likeness (QED) is 0.312. The molecule has 0 saturated heterocycles. The van der Waals surface area contributed by atoms with Crippen LogP contribution < -0.4 is 16.4 Å². The monoisotopic (exact) mass is 536 g/mol. The molecule has 0 aromatic carbocycles. The minimum Gasteiger partial charge on any atom is -0.383 e. The number of carbonyl (C=O) groups excluding carboxylic acids is 2. The second kappa shape index (κ2) is 8.04. The number of hydrogen-bond acceptors (Lipinski definition) is 7. The molecule has 1 atom stereocenters. The minimum absolute atomic E-state index is 0.00365. The van der Waals surface area contributed by atoms with Gasteiger partial charge in [-0.1, -0.05) is 0 Å². The number of rotatable bonds is 7. The SMILES string of the molecule is Nc1nc(-c2nn(CCC(F)(F)C(F)(F)F)c3ncccc23)nc2c1C(C(=O)NC1CC1)(C1CC1)C(=O)N2. The number of anilines is 2. The molecule has 2 fully saturated rings. The van der Waals surface area contributed by atoms with Crippen molar-refractivity contribution < 1.29 is 31.5 Å². The molecule has 1 unspecified atom stereocenters. The molecule has 6 rings (SSSR count). The average Bonchev–Trinajstić information content (AvgIpc) is 3.78. The first-order valence-corrected chi connectivity index (χ1v) is 12.0. The van der Waals surface area contributed by atoms with Crippen LogP contribution in [0.1, 0.15) is 37.7 Å². The number of amides is 2. The van der Waals surface area contributed by atoms with Gasteiger partial charge in [0, 0.05) is 25.2 Å². The van der Waals surface area contributed by atoms with Gasteiger partial charge in [0.05, 0.1) is 10.9 Å². The fourth-order valence-corrected chi connectivity index (χ4v) is 4.94. The van der Waals surface area contributed by atoms with Crippen LogP contribution in [0.25, 0.3) is 22.6 Å². The first kappa shape index (κ1) is 24.4. The van der Waals surface area contributed by atoms with Crippen LogP contribution in [0.15, 0.2) is 18.3 Å². The number of nitrogen functional groups attached to an aromatic ring is 1. The summed E-state index contributed by atoms with van der Waals surface area (Å²) < 4.78 is 66.1. The van der Waals surface area contributed by atoms with E-state index in [-0.39, 0.29) is 51.7 Å². The smallest absolute Gasteiger partial charge is 0.383 e. The van der Waals surface area contributed by atoms with E-state index in [1.54, 1.807) is 0 Å². The largest absolute Gasteiger partial charge is 0.453 e. The summed E-state index contributed by atoms with van der Waals surface area (Å²) in [5, 5.41) is 10.00. The highest BCUT2D eigenvalue weighted by Crippen LogP contribution is 2.54. The van der Waals surface area contributed by atoms with Gasteiger partial charge in [0.2, 0.25) is 11.8 Å². The molecule has 2 amide bonds. The van der Waals surface area contributed by atoms with Crippen molar-refractivity contribution in [1.82, 2.24) is 30.0 Å². The molecule has 3 aromatic rings. The van der Waals surface area contributed by atoms with Crippen LogP contribution in [0.4, 0.5) is 33.6 Å². The molecule has 2 aliphatic carbocycles. The molecule has 4 heterocycles. The Labute approximate surface area is 211 Å². The van der Waals surface area contributed by atoms with Crippen molar-refractivity contribution >= 4 is 34.5 Å². The topological polar surface area (TPSA) is 141 Å². The summed E-state index contributed by atoms with van der Waals surface area (Å²) in [6.45, 7) is -0.788. The van der Waals surface area contributed by atoms with Crippen LogP contribution in [0.3, 0.4) is 0 Å². The van der Waals surface area contributed by atoms with E-state index in [9.17, 15) is 31.5 Å². The molecule has 3 aliphatic rings. The fourth-order valence-electron chi connectivity index (χ4n) is 4.94. The standard InChI is InChI=1S/C23H21F5N8O2/c24-21(25,23(26,27)28)7-9-36-18-12(2-1-8-30-18)14(35-36)17-32-15(29)13-16(33-17)34-20(38)22(13,10-3-4-10)19(37)31-11-5-6-11/h1-2,8,10-11H,3-7,9H2,(H,31,37)(H3,29,32,33,34,38). The van der Waals surface area contributed by atoms with Crippen molar-refractivity contribution in [3.05, 3.63) is 23.9 Å². The van der Waals surface area contributed by atoms with E-state index in [1.807, 2.05) is 0 Å². The maximum Gasteiger partial charge on any atom is 0.453 e. The molecule has 200 valence electrons. The Balaban J connectivity index is 1.41. The van der Waals surface area contributed by atoms with E-state index in [0.717, 1.165) is 17.5 Å². The van der Waals surface area contributed by atoms with E-state index in [2.05, 4.69) is 30.7 Å². The first-order valence-electron chi connectivity index (χ1n) is 12.0. The molecule has 1 aliphatic heterocycles. The summed E-state index contributed by atoms with van der Waals surface area (Å²) in [6.07, 6.45) is -2.97. The zero-order chi connectivity index (χ0) is 27.0. The van der Waals surface area contributed by atoms with Crippen LogP contribution in [0.2, 0.25) is 0 Å². The number of halogens is 5. The normalized spacial score (nSPS) is 21.4. The Kier molecular flexibility index (Phi) is 5.17. The number of alkyl halides is 5. The van der Waals surface area contributed by atoms with Crippen molar-refractivity contribution in [2.75, 3.05) is 11.1 Å². The summed E-state index contributed by atoms with van der Waals surface area (Å²) >= 11 is 0. The number of carbonyl (C=O) groups is 2. The third-order valence-corrected chi connectivity index (χ3v) is 7.15. The third kappa shape index (κ3) is 3.66. The van der Waals surface area contributed by atoms with Crippen LogP contribution in [0.5, 0.6) is 0 Å². The number of fused-ring (bicyclic) bond motifs is 2. The van der Waals surface area contributed by atoms with Gasteiger partial charge in [0.15, 0.2) is 16.9 Å². The molecule has 0 radical (unpaired) electrons. The van der Waals surface area contributed by atoms with E-state index >= 15 is 0 Å². The third-order valence-electron chi connectivity index (χ3n) is 7.15. The highest BCUT2D eigenvalue weighted by molar-refractivity contribution is 6.22. The van der Waals surface area contributed by atoms with Crippen LogP contribution >= 0.6 is 0 Å². The van der Waals surface area contributed by atoms with Gasteiger partial charge < -0.3 is 16.4 Å². The summed E-state index contributed by atoms with van der Waals surface area (Å²) in [4.78, 5) is 39.4. The number of nitrogens with one attached hydrogen (secondary N) is 2. The Bertz CT molecular complexity index is 1480. The highest BCUT2D eigenvalue weighted by Gasteiger charge is 2.64. The highest BCUT2D eigenvalue weighted by atomic mass is 19.4. The summed E-state index contributed by atoms with van der Waals surface area (Å²) in [7, 11) is 0. The summed E-state index contributed by atoms with van der Waals surface area (Å²) in [5.74, 6) is -6.40. The number of nitrogens with two attached hydrogens (primary N) is 1. The van der Waals surface area contributed by atoms with E-state index in [0.29, 0.717) is 12.8 Å².